The monoisotopic (exact) mass is 829 g/mol. The van der Waals surface area contributed by atoms with Crippen LogP contribution in [0.3, 0.4) is 0 Å². The van der Waals surface area contributed by atoms with Crippen LogP contribution in [0, 0.1) is 5.41 Å². The number of nitrogen functional groups attached to an aromatic ring is 2. The van der Waals surface area contributed by atoms with Crippen molar-refractivity contribution in [1.82, 2.24) is 35.4 Å². The smallest absolute Gasteiger partial charge is 0.275 e. The van der Waals surface area contributed by atoms with Crippen molar-refractivity contribution in [3.8, 4) is 0 Å². The fourth-order valence-corrected chi connectivity index (χ4v) is 9.44. The SMILES string of the molecule is CC1CCCCN1C(C)CNC(=O)c1ccc(C(=O)Nc2cccc(C3CN(CCNC(=O)c4cnc(C(=O)Nc5ccccc5N)cn4)CCC34CCCCC4)c2N)nc1. The number of carbonyl (C=O) groups excluding carboxylic acids is 4. The number of nitrogens with zero attached hydrogens (tertiary/aromatic N) is 5. The number of likely N-dealkylation sites (tertiary alicyclic amines) is 2. The minimum absolute atomic E-state index is 0.0634. The number of pyridine rings is 1. The van der Waals surface area contributed by atoms with Crippen LogP contribution >= 0.6 is 0 Å². The molecule has 3 atom stereocenters. The van der Waals surface area contributed by atoms with Gasteiger partial charge < -0.3 is 37.6 Å². The predicted molar refractivity (Wildman–Crippen MR) is 237 cm³/mol. The van der Waals surface area contributed by atoms with Crippen molar-refractivity contribution in [2.24, 2.45) is 5.41 Å². The standard InChI is InChI=1S/C46H59N11O4/c1-30-11-6-9-22-57(30)31(2)25-53-42(58)32-16-17-38(50-26-32)44(60)55-37-15-10-12-33(41(37)48)34-29-56(23-20-46(34)18-7-3-8-19-46)24-21-49-43(59)39-27-52-40(28-51-39)45(61)54-36-14-5-4-13-35(36)47/h4-5,10,12-17,26-28,30-31,34H,3,6-9,11,18-25,29,47-48H2,1-2H3,(H,49,59)(H,53,58)(H,54,61)(H,55,60). The van der Waals surface area contributed by atoms with Crippen LogP contribution < -0.4 is 32.7 Å². The number of nitrogens with two attached hydrogens (primary N) is 2. The molecule has 15 nitrogen and oxygen atoms in total. The van der Waals surface area contributed by atoms with Gasteiger partial charge in [-0.1, -0.05) is 49.9 Å². The summed E-state index contributed by atoms with van der Waals surface area (Å²) in [5.41, 5.74) is 16.7. The largest absolute Gasteiger partial charge is 0.397 e. The van der Waals surface area contributed by atoms with E-state index < -0.39 is 11.8 Å². The van der Waals surface area contributed by atoms with Gasteiger partial charge in [0.1, 0.15) is 17.1 Å². The topological polar surface area (TPSA) is 214 Å². The molecule has 0 radical (unpaired) electrons. The molecule has 8 N–H and O–H groups in total. The molecular formula is C46H59N11O4. The zero-order chi connectivity index (χ0) is 42.9. The third-order valence-corrected chi connectivity index (χ3v) is 13.0. The lowest BCUT2D eigenvalue weighted by atomic mass is 9.60. The van der Waals surface area contributed by atoms with E-state index in [1.807, 2.05) is 12.1 Å². The lowest BCUT2D eigenvalue weighted by Gasteiger charge is -2.51. The second-order valence-electron chi connectivity index (χ2n) is 16.9. The summed E-state index contributed by atoms with van der Waals surface area (Å²) in [7, 11) is 0. The Balaban J connectivity index is 0.947. The van der Waals surface area contributed by atoms with Crippen LogP contribution in [-0.2, 0) is 0 Å². The third-order valence-electron chi connectivity index (χ3n) is 13.0. The molecular weight excluding hydrogens is 771 g/mol. The zero-order valence-corrected chi connectivity index (χ0v) is 35.3. The van der Waals surface area contributed by atoms with E-state index in [1.165, 1.54) is 57.1 Å². The van der Waals surface area contributed by atoms with Gasteiger partial charge in [0.25, 0.3) is 23.6 Å². The van der Waals surface area contributed by atoms with Gasteiger partial charge in [0.2, 0.25) is 0 Å². The molecule has 61 heavy (non-hydrogen) atoms. The Morgan fingerprint density at radius 1 is 0.738 bits per heavy atom. The van der Waals surface area contributed by atoms with Crippen molar-refractivity contribution in [3.05, 3.63) is 101 Å². The van der Waals surface area contributed by atoms with Crippen LogP contribution in [0.4, 0.5) is 22.7 Å². The third kappa shape index (κ3) is 10.3. The van der Waals surface area contributed by atoms with Crippen LogP contribution in [0.5, 0.6) is 0 Å². The molecule has 4 aromatic rings. The Bertz CT molecular complexity index is 2180. The van der Waals surface area contributed by atoms with E-state index in [2.05, 4.69) is 65.9 Å². The minimum Gasteiger partial charge on any atom is -0.397 e. The van der Waals surface area contributed by atoms with E-state index >= 15 is 0 Å². The first-order valence-electron chi connectivity index (χ1n) is 21.7. The maximum atomic E-state index is 13.5. The molecule has 1 spiro atoms. The van der Waals surface area contributed by atoms with Crippen molar-refractivity contribution in [1.29, 1.82) is 0 Å². The van der Waals surface area contributed by atoms with Crippen LogP contribution in [0.2, 0.25) is 0 Å². The highest BCUT2D eigenvalue weighted by Gasteiger charge is 2.45. The number of hydrogen-bond donors (Lipinski definition) is 6. The predicted octanol–water partition coefficient (Wildman–Crippen LogP) is 5.70. The summed E-state index contributed by atoms with van der Waals surface area (Å²) in [5, 5.41) is 11.7. The summed E-state index contributed by atoms with van der Waals surface area (Å²) in [4.78, 5) is 69.7. The first kappa shape index (κ1) is 43.2. The Labute approximate surface area is 357 Å². The maximum Gasteiger partial charge on any atom is 0.275 e. The number of para-hydroxylation sites is 3. The molecule has 0 bridgehead atoms. The van der Waals surface area contributed by atoms with Gasteiger partial charge in [-0.05, 0) is 100 Å². The van der Waals surface area contributed by atoms with Crippen LogP contribution in [0.15, 0.2) is 73.2 Å². The molecule has 4 heterocycles. The molecule has 2 aromatic heterocycles. The lowest BCUT2D eigenvalue weighted by molar-refractivity contribution is 0.0415. The van der Waals surface area contributed by atoms with Gasteiger partial charge in [-0.15, -0.1) is 0 Å². The van der Waals surface area contributed by atoms with Crippen LogP contribution in [-0.4, -0.2) is 99.7 Å². The minimum atomic E-state index is -0.478. The number of hydrogen-bond acceptors (Lipinski definition) is 11. The normalized spacial score (nSPS) is 19.7. The number of rotatable bonds is 13. The van der Waals surface area contributed by atoms with Gasteiger partial charge in [-0.2, -0.15) is 0 Å². The summed E-state index contributed by atoms with van der Waals surface area (Å²) >= 11 is 0. The van der Waals surface area contributed by atoms with Crippen molar-refractivity contribution in [2.45, 2.75) is 89.6 Å². The number of carbonyl (C=O) groups is 4. The average molecular weight is 830 g/mol. The number of aromatic nitrogens is 3. The second kappa shape index (κ2) is 19.6. The summed E-state index contributed by atoms with van der Waals surface area (Å²) in [6, 6.07) is 16.7. The zero-order valence-electron chi connectivity index (χ0n) is 35.3. The number of benzene rings is 2. The van der Waals surface area contributed by atoms with Crippen molar-refractivity contribution >= 4 is 46.4 Å². The molecule has 15 heteroatoms. The molecule has 3 aliphatic rings. The molecule has 1 aliphatic carbocycles. The molecule has 3 unspecified atom stereocenters. The average Bonchev–Trinajstić information content (AvgIpc) is 3.28. The van der Waals surface area contributed by atoms with Crippen LogP contribution in [0.25, 0.3) is 0 Å². The molecule has 2 saturated heterocycles. The molecule has 4 amide bonds. The fourth-order valence-electron chi connectivity index (χ4n) is 9.44. The Morgan fingerprint density at radius 2 is 1.44 bits per heavy atom. The molecule has 7 rings (SSSR count). The highest BCUT2D eigenvalue weighted by molar-refractivity contribution is 6.05. The van der Waals surface area contributed by atoms with Gasteiger partial charge in [0.15, 0.2) is 0 Å². The summed E-state index contributed by atoms with van der Waals surface area (Å²) in [5.74, 6) is -1.35. The molecule has 1 saturated carbocycles. The van der Waals surface area contributed by atoms with E-state index in [0.717, 1.165) is 44.5 Å². The molecule has 2 aromatic carbocycles. The van der Waals surface area contributed by atoms with Gasteiger partial charge in [-0.3, -0.25) is 29.1 Å². The molecule has 322 valence electrons. The number of anilines is 4. The van der Waals surface area contributed by atoms with E-state index in [9.17, 15) is 19.2 Å². The van der Waals surface area contributed by atoms with Crippen LogP contribution in [0.1, 0.15) is 125 Å². The van der Waals surface area contributed by atoms with Gasteiger partial charge in [-0.25, -0.2) is 9.97 Å². The van der Waals surface area contributed by atoms with E-state index in [4.69, 9.17) is 11.5 Å². The van der Waals surface area contributed by atoms with Crippen molar-refractivity contribution in [3.63, 3.8) is 0 Å². The number of piperidine rings is 2. The first-order valence-corrected chi connectivity index (χ1v) is 21.7. The quantitative estimate of drug-likeness (QED) is 0.0899. The Kier molecular flexibility index (Phi) is 13.9. The van der Waals surface area contributed by atoms with Crippen molar-refractivity contribution < 1.29 is 19.2 Å². The molecule has 3 fully saturated rings. The highest BCUT2D eigenvalue weighted by atomic mass is 16.2. The highest BCUT2D eigenvalue weighted by Crippen LogP contribution is 2.53. The fraction of sp³-hybridized carbons (Fsp3) is 0.457. The summed E-state index contributed by atoms with van der Waals surface area (Å²) in [6.07, 6.45) is 14.4. The summed E-state index contributed by atoms with van der Waals surface area (Å²) in [6.45, 7) is 8.65. The maximum absolute atomic E-state index is 13.5. The Morgan fingerprint density at radius 3 is 2.16 bits per heavy atom. The van der Waals surface area contributed by atoms with E-state index in [1.54, 1.807) is 36.4 Å². The van der Waals surface area contributed by atoms with E-state index in [0.29, 0.717) is 54.0 Å². The van der Waals surface area contributed by atoms with Gasteiger partial charge >= 0.3 is 0 Å². The van der Waals surface area contributed by atoms with Gasteiger partial charge in [0.05, 0.1) is 40.7 Å². The number of amides is 4. The second-order valence-corrected chi connectivity index (χ2v) is 16.9. The lowest BCUT2D eigenvalue weighted by Crippen LogP contribution is -2.49. The molecule has 2 aliphatic heterocycles. The summed E-state index contributed by atoms with van der Waals surface area (Å²) < 4.78 is 0. The van der Waals surface area contributed by atoms with Crippen molar-refractivity contribution in [2.75, 3.05) is 61.4 Å². The first-order chi connectivity index (χ1) is 29.5. The number of nitrogens with one attached hydrogen (secondary N) is 4. The van der Waals surface area contributed by atoms with E-state index in [-0.39, 0.29) is 46.3 Å². The Hall–Kier alpha value is -5.93. The van der Waals surface area contributed by atoms with Gasteiger partial charge in [0, 0.05) is 50.4 Å².